The Bertz CT molecular complexity index is 388. The van der Waals surface area contributed by atoms with Crippen molar-refractivity contribution >= 4 is 0 Å². The second kappa shape index (κ2) is 4.34. The zero-order valence-corrected chi connectivity index (χ0v) is 11.1. The van der Waals surface area contributed by atoms with E-state index in [1.165, 1.54) is 18.4 Å². The molecule has 0 radical (unpaired) electrons. The minimum Gasteiger partial charge on any atom is -0.508 e. The average molecular weight is 233 g/mol. The van der Waals surface area contributed by atoms with E-state index in [1.54, 1.807) is 6.07 Å². The van der Waals surface area contributed by atoms with E-state index in [-0.39, 0.29) is 5.54 Å². The Hall–Kier alpha value is -1.02. The molecule has 94 valence electrons. The second-order valence-electron chi connectivity index (χ2n) is 6.54. The highest BCUT2D eigenvalue weighted by Crippen LogP contribution is 2.36. The summed E-state index contributed by atoms with van der Waals surface area (Å²) in [5.41, 5.74) is 1.80. The van der Waals surface area contributed by atoms with Crippen LogP contribution in [0.2, 0.25) is 0 Å². The van der Waals surface area contributed by atoms with Crippen LogP contribution in [0.4, 0.5) is 0 Å². The molecule has 1 atom stereocenters. The van der Waals surface area contributed by atoms with Crippen molar-refractivity contribution in [2.45, 2.75) is 45.6 Å². The van der Waals surface area contributed by atoms with Crippen LogP contribution in [0.25, 0.3) is 0 Å². The molecule has 1 heterocycles. The summed E-state index contributed by atoms with van der Waals surface area (Å²) < 4.78 is 0. The predicted molar refractivity (Wildman–Crippen MR) is 71.2 cm³/mol. The molecule has 1 fully saturated rings. The van der Waals surface area contributed by atoms with E-state index < -0.39 is 0 Å². The van der Waals surface area contributed by atoms with Crippen LogP contribution in [0.5, 0.6) is 5.75 Å². The summed E-state index contributed by atoms with van der Waals surface area (Å²) in [4.78, 5) is 0. The Morgan fingerprint density at radius 1 is 1.35 bits per heavy atom. The zero-order chi connectivity index (χ0) is 12.5. The number of aromatic hydroxyl groups is 1. The highest BCUT2D eigenvalue weighted by molar-refractivity contribution is 5.29. The molecule has 2 heteroatoms. The van der Waals surface area contributed by atoms with Crippen LogP contribution >= 0.6 is 0 Å². The van der Waals surface area contributed by atoms with Gasteiger partial charge in [-0.05, 0) is 48.9 Å². The van der Waals surface area contributed by atoms with Crippen LogP contribution < -0.4 is 5.32 Å². The van der Waals surface area contributed by atoms with Crippen molar-refractivity contribution in [3.63, 3.8) is 0 Å². The lowest BCUT2D eigenvalue weighted by molar-refractivity contribution is 0.132. The van der Waals surface area contributed by atoms with Gasteiger partial charge in [0.25, 0.3) is 0 Å². The quantitative estimate of drug-likeness (QED) is 0.841. The zero-order valence-electron chi connectivity index (χ0n) is 11.1. The van der Waals surface area contributed by atoms with Gasteiger partial charge in [-0.2, -0.15) is 0 Å². The molecule has 0 bridgehead atoms. The standard InChI is InChI=1S/C15H23NO/c1-14(2,3)11-15(7-8-16-15)10-12-5-4-6-13(17)9-12/h4-6,9,16-17H,7-8,10-11H2,1-3H3. The van der Waals surface area contributed by atoms with Gasteiger partial charge in [0, 0.05) is 5.54 Å². The molecule has 2 nitrogen and oxygen atoms in total. The fourth-order valence-corrected chi connectivity index (χ4v) is 2.92. The maximum atomic E-state index is 9.51. The summed E-state index contributed by atoms with van der Waals surface area (Å²) in [5.74, 6) is 0.368. The molecule has 0 aliphatic carbocycles. The van der Waals surface area contributed by atoms with Crippen LogP contribution in [-0.2, 0) is 6.42 Å². The average Bonchev–Trinajstić information content (AvgIpc) is 2.12. The molecule has 17 heavy (non-hydrogen) atoms. The van der Waals surface area contributed by atoms with Gasteiger partial charge in [-0.25, -0.2) is 0 Å². The van der Waals surface area contributed by atoms with Crippen molar-refractivity contribution in [3.05, 3.63) is 29.8 Å². The van der Waals surface area contributed by atoms with Crippen LogP contribution in [0.3, 0.4) is 0 Å². The smallest absolute Gasteiger partial charge is 0.115 e. The Morgan fingerprint density at radius 3 is 2.53 bits per heavy atom. The Labute approximate surface area is 104 Å². The third kappa shape index (κ3) is 3.22. The Morgan fingerprint density at radius 2 is 2.06 bits per heavy atom. The van der Waals surface area contributed by atoms with Gasteiger partial charge in [-0.15, -0.1) is 0 Å². The van der Waals surface area contributed by atoms with E-state index in [0.29, 0.717) is 11.2 Å². The van der Waals surface area contributed by atoms with E-state index in [4.69, 9.17) is 0 Å². The van der Waals surface area contributed by atoms with E-state index in [2.05, 4.69) is 32.2 Å². The maximum Gasteiger partial charge on any atom is 0.115 e. The van der Waals surface area contributed by atoms with E-state index in [9.17, 15) is 5.11 Å². The molecular formula is C15H23NO. The van der Waals surface area contributed by atoms with Crippen molar-refractivity contribution in [1.82, 2.24) is 5.32 Å². The van der Waals surface area contributed by atoms with Gasteiger partial charge in [0.15, 0.2) is 0 Å². The highest BCUT2D eigenvalue weighted by atomic mass is 16.3. The molecule has 0 amide bonds. The van der Waals surface area contributed by atoms with Gasteiger partial charge in [-0.3, -0.25) is 0 Å². The number of rotatable bonds is 3. The van der Waals surface area contributed by atoms with E-state index in [0.717, 1.165) is 13.0 Å². The Kier molecular flexibility index (Phi) is 3.17. The largest absolute Gasteiger partial charge is 0.508 e. The summed E-state index contributed by atoms with van der Waals surface area (Å²) in [5, 5.41) is 13.1. The van der Waals surface area contributed by atoms with Crippen LogP contribution in [0.1, 0.15) is 39.2 Å². The van der Waals surface area contributed by atoms with Crippen molar-refractivity contribution in [1.29, 1.82) is 0 Å². The van der Waals surface area contributed by atoms with Gasteiger partial charge < -0.3 is 10.4 Å². The number of benzene rings is 1. The predicted octanol–water partition coefficient (Wildman–Crippen LogP) is 3.10. The summed E-state index contributed by atoms with van der Waals surface area (Å²) in [6.45, 7) is 7.99. The molecule has 1 aliphatic heterocycles. The molecule has 2 N–H and O–H groups in total. The third-order valence-corrected chi connectivity index (χ3v) is 3.43. The van der Waals surface area contributed by atoms with Gasteiger partial charge in [0.1, 0.15) is 5.75 Å². The molecular weight excluding hydrogens is 210 g/mol. The minimum absolute atomic E-state index is 0.242. The fraction of sp³-hybridized carbons (Fsp3) is 0.600. The van der Waals surface area contributed by atoms with E-state index >= 15 is 0 Å². The first kappa shape index (κ1) is 12.4. The number of hydrogen-bond donors (Lipinski definition) is 2. The molecule has 2 rings (SSSR count). The lowest BCUT2D eigenvalue weighted by atomic mass is 9.71. The van der Waals surface area contributed by atoms with Gasteiger partial charge in [-0.1, -0.05) is 32.9 Å². The van der Waals surface area contributed by atoms with Crippen LogP contribution in [-0.4, -0.2) is 17.2 Å². The third-order valence-electron chi connectivity index (χ3n) is 3.43. The van der Waals surface area contributed by atoms with Gasteiger partial charge in [0.05, 0.1) is 0 Å². The number of nitrogens with one attached hydrogen (secondary N) is 1. The van der Waals surface area contributed by atoms with Crippen LogP contribution in [0.15, 0.2) is 24.3 Å². The van der Waals surface area contributed by atoms with E-state index in [1.807, 2.05) is 12.1 Å². The van der Waals surface area contributed by atoms with Crippen molar-refractivity contribution in [2.24, 2.45) is 5.41 Å². The van der Waals surface area contributed by atoms with Crippen LogP contribution in [0, 0.1) is 5.41 Å². The Balaban J connectivity index is 2.09. The summed E-state index contributed by atoms with van der Waals surface area (Å²) >= 11 is 0. The van der Waals surface area contributed by atoms with Crippen molar-refractivity contribution in [3.8, 4) is 5.75 Å². The SMILES string of the molecule is CC(C)(C)CC1(Cc2cccc(O)c2)CCN1. The topological polar surface area (TPSA) is 32.3 Å². The molecule has 0 saturated carbocycles. The number of phenols is 1. The fourth-order valence-electron chi connectivity index (χ4n) is 2.92. The first-order chi connectivity index (χ1) is 7.89. The summed E-state index contributed by atoms with van der Waals surface area (Å²) in [6.07, 6.45) is 3.42. The first-order valence-electron chi connectivity index (χ1n) is 6.42. The van der Waals surface area contributed by atoms with Gasteiger partial charge in [0.2, 0.25) is 0 Å². The van der Waals surface area contributed by atoms with Gasteiger partial charge >= 0.3 is 0 Å². The monoisotopic (exact) mass is 233 g/mol. The highest BCUT2D eigenvalue weighted by Gasteiger charge is 2.39. The molecule has 0 spiro atoms. The number of phenolic OH excluding ortho intramolecular Hbond substituents is 1. The summed E-state index contributed by atoms with van der Waals surface area (Å²) in [6, 6.07) is 7.64. The molecule has 1 aromatic rings. The molecule has 1 unspecified atom stereocenters. The molecule has 1 aliphatic rings. The first-order valence-corrected chi connectivity index (χ1v) is 6.42. The maximum absolute atomic E-state index is 9.51. The number of hydrogen-bond acceptors (Lipinski definition) is 2. The van der Waals surface area contributed by atoms with Crippen molar-refractivity contribution < 1.29 is 5.11 Å². The molecule has 1 aromatic carbocycles. The molecule has 0 aromatic heterocycles. The second-order valence-corrected chi connectivity index (χ2v) is 6.54. The summed E-state index contributed by atoms with van der Waals surface area (Å²) in [7, 11) is 0. The lowest BCUT2D eigenvalue weighted by Gasteiger charge is -2.47. The normalized spacial score (nSPS) is 24.4. The minimum atomic E-state index is 0.242. The molecule has 1 saturated heterocycles. The lowest BCUT2D eigenvalue weighted by Crippen LogP contribution is -2.59. The van der Waals surface area contributed by atoms with Crippen molar-refractivity contribution in [2.75, 3.05) is 6.54 Å².